The third-order valence-electron chi connectivity index (χ3n) is 3.60. The van der Waals surface area contributed by atoms with E-state index in [1.165, 1.54) is 13.2 Å². The zero-order valence-electron chi connectivity index (χ0n) is 15.2. The predicted molar refractivity (Wildman–Crippen MR) is 94.7 cm³/mol. The monoisotopic (exact) mass is 373 g/mol. The van der Waals surface area contributed by atoms with Gasteiger partial charge in [0, 0.05) is 19.5 Å². The first-order chi connectivity index (χ1) is 12.4. The van der Waals surface area contributed by atoms with Gasteiger partial charge in [0.2, 0.25) is 0 Å². The Morgan fingerprint density at radius 1 is 1.19 bits per heavy atom. The van der Waals surface area contributed by atoms with Crippen LogP contribution in [0, 0.1) is 0 Å². The second-order valence-corrected chi connectivity index (χ2v) is 5.71. The average Bonchev–Trinajstić information content (AvgIpc) is 2.61. The first-order valence-electron chi connectivity index (χ1n) is 8.62. The van der Waals surface area contributed by atoms with Crippen LogP contribution in [0.15, 0.2) is 29.3 Å². The van der Waals surface area contributed by atoms with E-state index in [4.69, 9.17) is 0 Å². The summed E-state index contributed by atoms with van der Waals surface area (Å²) in [7, 11) is 1.37. The van der Waals surface area contributed by atoms with Crippen molar-refractivity contribution in [1.29, 1.82) is 0 Å². The van der Waals surface area contributed by atoms with E-state index in [1.54, 1.807) is 6.07 Å². The van der Waals surface area contributed by atoms with E-state index in [0.29, 0.717) is 31.0 Å². The fourth-order valence-electron chi connectivity index (χ4n) is 2.24. The minimum atomic E-state index is -4.35. The smallest absolute Gasteiger partial charge is 0.416 e. The number of benzene rings is 1. The molecule has 1 aromatic carbocycles. The molecule has 8 heteroatoms. The van der Waals surface area contributed by atoms with Gasteiger partial charge in [0.15, 0.2) is 5.96 Å². The molecule has 0 spiro atoms. The molecule has 0 aliphatic heterocycles. The van der Waals surface area contributed by atoms with E-state index in [9.17, 15) is 18.0 Å². The molecule has 146 valence electrons. The van der Waals surface area contributed by atoms with Crippen LogP contribution in [0.2, 0.25) is 0 Å². The normalized spacial score (nSPS) is 12.0. The molecule has 26 heavy (non-hydrogen) atoms. The summed E-state index contributed by atoms with van der Waals surface area (Å²) < 4.78 is 42.8. The van der Waals surface area contributed by atoms with E-state index >= 15 is 0 Å². The van der Waals surface area contributed by atoms with Crippen molar-refractivity contribution in [2.75, 3.05) is 20.2 Å². The van der Waals surface area contributed by atoms with Gasteiger partial charge < -0.3 is 15.4 Å². The summed E-state index contributed by atoms with van der Waals surface area (Å²) in [6, 6.07) is 5.16. The molecule has 0 heterocycles. The molecule has 0 saturated carbocycles. The Hall–Kier alpha value is -2.25. The quantitative estimate of drug-likeness (QED) is 0.301. The van der Waals surface area contributed by atoms with Gasteiger partial charge in [-0.05, 0) is 37.5 Å². The van der Waals surface area contributed by atoms with Crippen LogP contribution in [0.3, 0.4) is 0 Å². The molecule has 0 aromatic heterocycles. The summed E-state index contributed by atoms with van der Waals surface area (Å²) in [4.78, 5) is 15.3. The second kappa shape index (κ2) is 11.4. The van der Waals surface area contributed by atoms with Crippen LogP contribution in [0.25, 0.3) is 0 Å². The van der Waals surface area contributed by atoms with Crippen molar-refractivity contribution in [1.82, 2.24) is 10.6 Å². The number of rotatable bonds is 9. The fraction of sp³-hybridized carbons (Fsp3) is 0.556. The van der Waals surface area contributed by atoms with Gasteiger partial charge in [0.25, 0.3) is 0 Å². The van der Waals surface area contributed by atoms with E-state index in [-0.39, 0.29) is 12.5 Å². The molecular weight excluding hydrogens is 347 g/mol. The number of unbranched alkanes of at least 4 members (excludes halogenated alkanes) is 2. The largest absolute Gasteiger partial charge is 0.469 e. The number of aliphatic imine (C=N–C) groups is 1. The summed E-state index contributed by atoms with van der Waals surface area (Å²) in [5, 5.41) is 6.20. The number of halogens is 3. The van der Waals surface area contributed by atoms with Gasteiger partial charge in [-0.15, -0.1) is 0 Å². The Labute approximate surface area is 152 Å². The van der Waals surface area contributed by atoms with Crippen LogP contribution in [0.5, 0.6) is 0 Å². The maximum Gasteiger partial charge on any atom is 0.416 e. The first-order valence-corrected chi connectivity index (χ1v) is 8.62. The third kappa shape index (κ3) is 8.73. The molecule has 0 unspecified atom stereocenters. The van der Waals surface area contributed by atoms with Crippen molar-refractivity contribution in [3.63, 3.8) is 0 Å². The lowest BCUT2D eigenvalue weighted by atomic mass is 10.1. The molecule has 1 aromatic rings. The van der Waals surface area contributed by atoms with Gasteiger partial charge in [-0.2, -0.15) is 13.2 Å². The van der Waals surface area contributed by atoms with Gasteiger partial charge in [0.1, 0.15) is 0 Å². The molecule has 1 rings (SSSR count). The lowest BCUT2D eigenvalue weighted by molar-refractivity contribution is -0.140. The maximum atomic E-state index is 12.7. The molecule has 5 nitrogen and oxygen atoms in total. The number of esters is 1. The topological polar surface area (TPSA) is 62.7 Å². The van der Waals surface area contributed by atoms with Crippen molar-refractivity contribution >= 4 is 11.9 Å². The highest BCUT2D eigenvalue weighted by Gasteiger charge is 2.30. The Morgan fingerprint density at radius 2 is 1.96 bits per heavy atom. The highest BCUT2D eigenvalue weighted by atomic mass is 19.4. The molecule has 0 atom stereocenters. The minimum Gasteiger partial charge on any atom is -0.469 e. The summed E-state index contributed by atoms with van der Waals surface area (Å²) in [5.41, 5.74) is -0.177. The lowest BCUT2D eigenvalue weighted by Gasteiger charge is -2.12. The summed E-state index contributed by atoms with van der Waals surface area (Å²) >= 11 is 0. The number of nitrogens with one attached hydrogen (secondary N) is 2. The van der Waals surface area contributed by atoms with Crippen LogP contribution in [-0.2, 0) is 22.3 Å². The summed E-state index contributed by atoms with van der Waals surface area (Å²) in [6.45, 7) is 3.38. The number of nitrogens with zero attached hydrogens (tertiary/aromatic N) is 1. The molecule has 0 amide bonds. The Kier molecular flexibility index (Phi) is 9.54. The van der Waals surface area contributed by atoms with Crippen molar-refractivity contribution < 1.29 is 22.7 Å². The first kappa shape index (κ1) is 21.8. The number of hydrogen-bond donors (Lipinski definition) is 2. The summed E-state index contributed by atoms with van der Waals surface area (Å²) in [6.07, 6.45) is -1.47. The molecular formula is C18H26F3N3O2. The number of carbonyl (C=O) groups excluding carboxylic acids is 1. The predicted octanol–water partition coefficient (Wildman–Crippen LogP) is 3.49. The minimum absolute atomic E-state index is 0.154. The van der Waals surface area contributed by atoms with E-state index in [2.05, 4.69) is 20.4 Å². The lowest BCUT2D eigenvalue weighted by Crippen LogP contribution is -2.37. The zero-order chi connectivity index (χ0) is 19.4. The van der Waals surface area contributed by atoms with E-state index in [1.807, 2.05) is 6.92 Å². The number of hydrogen-bond acceptors (Lipinski definition) is 3. The highest BCUT2D eigenvalue weighted by Crippen LogP contribution is 2.29. The Morgan fingerprint density at radius 3 is 2.62 bits per heavy atom. The van der Waals surface area contributed by atoms with Crippen LogP contribution in [-0.4, -0.2) is 32.1 Å². The fourth-order valence-corrected chi connectivity index (χ4v) is 2.24. The van der Waals surface area contributed by atoms with Crippen LogP contribution >= 0.6 is 0 Å². The summed E-state index contributed by atoms with van der Waals surface area (Å²) in [5.74, 6) is 0.340. The average molecular weight is 373 g/mol. The van der Waals surface area contributed by atoms with E-state index < -0.39 is 11.7 Å². The molecule has 0 radical (unpaired) electrons. The Bertz CT molecular complexity index is 589. The van der Waals surface area contributed by atoms with Crippen LogP contribution < -0.4 is 10.6 Å². The maximum absolute atomic E-state index is 12.7. The van der Waals surface area contributed by atoms with Gasteiger partial charge in [-0.1, -0.05) is 18.6 Å². The molecule has 0 aliphatic carbocycles. The molecule has 0 bridgehead atoms. The number of carbonyl (C=O) groups is 1. The number of alkyl halides is 3. The highest BCUT2D eigenvalue weighted by molar-refractivity contribution is 5.79. The van der Waals surface area contributed by atoms with Gasteiger partial charge in [-0.25, -0.2) is 4.99 Å². The standard InChI is InChI=1S/C18H26F3N3O2/c1-3-22-17(23-11-6-4-5-10-16(25)26-2)24-13-14-8-7-9-15(12-14)18(19,20)21/h7-9,12H,3-6,10-11,13H2,1-2H3,(H2,22,23,24). The molecule has 0 saturated heterocycles. The van der Waals surface area contributed by atoms with Crippen LogP contribution in [0.4, 0.5) is 13.2 Å². The molecule has 2 N–H and O–H groups in total. The number of guanidine groups is 1. The van der Waals surface area contributed by atoms with Crippen molar-refractivity contribution in [2.24, 2.45) is 4.99 Å². The molecule has 0 fully saturated rings. The van der Waals surface area contributed by atoms with Gasteiger partial charge in [0.05, 0.1) is 19.2 Å². The van der Waals surface area contributed by atoms with Gasteiger partial charge >= 0.3 is 12.1 Å². The Balaban J connectivity index is 2.47. The van der Waals surface area contributed by atoms with Crippen molar-refractivity contribution in [2.45, 2.75) is 45.3 Å². The van der Waals surface area contributed by atoms with Crippen LogP contribution in [0.1, 0.15) is 43.7 Å². The van der Waals surface area contributed by atoms with Crippen molar-refractivity contribution in [3.05, 3.63) is 35.4 Å². The second-order valence-electron chi connectivity index (χ2n) is 5.71. The SMILES string of the molecule is CCNC(=NCc1cccc(C(F)(F)F)c1)NCCCCCC(=O)OC. The third-order valence-corrected chi connectivity index (χ3v) is 3.60. The van der Waals surface area contributed by atoms with Crippen molar-refractivity contribution in [3.8, 4) is 0 Å². The number of methoxy groups -OCH3 is 1. The molecule has 0 aliphatic rings. The van der Waals surface area contributed by atoms with E-state index in [0.717, 1.165) is 31.4 Å². The van der Waals surface area contributed by atoms with Gasteiger partial charge in [-0.3, -0.25) is 4.79 Å². The zero-order valence-corrected chi connectivity index (χ0v) is 15.2. The number of ether oxygens (including phenoxy) is 1.